The van der Waals surface area contributed by atoms with E-state index in [1.807, 2.05) is 0 Å². The zero-order valence-corrected chi connectivity index (χ0v) is 12.6. The summed E-state index contributed by atoms with van der Waals surface area (Å²) in [6.45, 7) is 9.93. The minimum Gasteiger partial charge on any atom is -0.462 e. The van der Waals surface area contributed by atoms with E-state index in [1.54, 1.807) is 34.6 Å². The molecule has 5 nitrogen and oxygen atoms in total. The lowest BCUT2D eigenvalue weighted by Crippen LogP contribution is -2.36. The number of ether oxygens (including phenoxy) is 2. The van der Waals surface area contributed by atoms with Crippen LogP contribution in [0.15, 0.2) is 0 Å². The Bertz CT molecular complexity index is 311. The smallest absolute Gasteiger partial charge is 0.320 e. The molecule has 1 atom stereocenters. The molecule has 0 aliphatic rings. The number of rotatable bonds is 7. The van der Waals surface area contributed by atoms with Gasteiger partial charge in [-0.3, -0.25) is 9.59 Å². The number of hydrogen-bond acceptors (Lipinski definition) is 5. The van der Waals surface area contributed by atoms with Gasteiger partial charge in [-0.2, -0.15) is 0 Å². The first-order valence-corrected chi connectivity index (χ1v) is 6.55. The van der Waals surface area contributed by atoms with Gasteiger partial charge in [0.2, 0.25) is 0 Å². The van der Waals surface area contributed by atoms with Crippen LogP contribution in [0.1, 0.15) is 48.0 Å². The lowest BCUT2D eigenvalue weighted by atomic mass is 9.90. The van der Waals surface area contributed by atoms with E-state index in [1.165, 1.54) is 6.92 Å². The fourth-order valence-electron chi connectivity index (χ4n) is 1.74. The molecule has 0 aromatic rings. The highest BCUT2D eigenvalue weighted by atomic mass is 16.6. The van der Waals surface area contributed by atoms with Crippen molar-refractivity contribution in [3.8, 4) is 0 Å². The van der Waals surface area contributed by atoms with Gasteiger partial charge >= 0.3 is 11.9 Å². The molecule has 0 unspecified atom stereocenters. The zero-order valence-electron chi connectivity index (χ0n) is 12.6. The molecule has 110 valence electrons. The van der Waals surface area contributed by atoms with Crippen LogP contribution in [0.5, 0.6) is 0 Å². The van der Waals surface area contributed by atoms with Crippen molar-refractivity contribution in [3.63, 3.8) is 0 Å². The fourth-order valence-corrected chi connectivity index (χ4v) is 1.74. The first-order chi connectivity index (χ1) is 8.65. The van der Waals surface area contributed by atoms with Crippen molar-refractivity contribution in [3.05, 3.63) is 0 Å². The third-order valence-corrected chi connectivity index (χ3v) is 2.39. The van der Waals surface area contributed by atoms with E-state index in [0.717, 1.165) is 0 Å². The van der Waals surface area contributed by atoms with Crippen LogP contribution < -0.4 is 0 Å². The molecule has 0 radical (unpaired) electrons. The highest BCUT2D eigenvalue weighted by Crippen LogP contribution is 2.21. The maximum Gasteiger partial charge on any atom is 0.320 e. The Labute approximate surface area is 114 Å². The van der Waals surface area contributed by atoms with Crippen LogP contribution in [-0.4, -0.2) is 29.9 Å². The Balaban J connectivity index is 4.96. The molecule has 0 amide bonds. The SMILES string of the molecule is CC(=O)C[C@@H](C)C(C(=O)OC(C)C)C(=O)OC(C)C. The van der Waals surface area contributed by atoms with Crippen LogP contribution in [-0.2, 0) is 23.9 Å². The molecule has 0 saturated carbocycles. The van der Waals surface area contributed by atoms with Crippen LogP contribution in [0.2, 0.25) is 0 Å². The molecular weight excluding hydrogens is 248 g/mol. The zero-order chi connectivity index (χ0) is 15.2. The second-order valence-electron chi connectivity index (χ2n) is 5.33. The van der Waals surface area contributed by atoms with Gasteiger partial charge in [0.05, 0.1) is 12.2 Å². The van der Waals surface area contributed by atoms with E-state index < -0.39 is 23.8 Å². The van der Waals surface area contributed by atoms with Gasteiger partial charge in [0.1, 0.15) is 5.78 Å². The molecular formula is C14H24O5. The van der Waals surface area contributed by atoms with Crippen molar-refractivity contribution < 1.29 is 23.9 Å². The summed E-state index contributed by atoms with van der Waals surface area (Å²) in [7, 11) is 0. The number of Topliss-reactive ketones (excluding diaryl/α,β-unsaturated/α-hetero) is 1. The number of carbonyl (C=O) groups is 3. The van der Waals surface area contributed by atoms with E-state index >= 15 is 0 Å². The second-order valence-corrected chi connectivity index (χ2v) is 5.33. The molecule has 0 aromatic carbocycles. The number of hydrogen-bond donors (Lipinski definition) is 0. The minimum absolute atomic E-state index is 0.0767. The Morgan fingerprint density at radius 3 is 1.47 bits per heavy atom. The maximum atomic E-state index is 12.0. The van der Waals surface area contributed by atoms with E-state index in [9.17, 15) is 14.4 Å². The number of carbonyl (C=O) groups excluding carboxylic acids is 3. The summed E-state index contributed by atoms with van der Waals surface area (Å²) in [6.07, 6.45) is -0.483. The fraction of sp³-hybridized carbons (Fsp3) is 0.786. The lowest BCUT2D eigenvalue weighted by molar-refractivity contribution is -0.169. The summed E-state index contributed by atoms with van der Waals surface area (Å²) in [4.78, 5) is 35.1. The summed E-state index contributed by atoms with van der Waals surface area (Å²) in [6, 6.07) is 0. The molecule has 0 spiro atoms. The van der Waals surface area contributed by atoms with Crippen molar-refractivity contribution in [2.45, 2.75) is 60.2 Å². The van der Waals surface area contributed by atoms with Crippen molar-refractivity contribution in [2.75, 3.05) is 0 Å². The van der Waals surface area contributed by atoms with Gasteiger partial charge in [0.15, 0.2) is 5.92 Å². The Kier molecular flexibility index (Phi) is 7.34. The van der Waals surface area contributed by atoms with E-state index in [2.05, 4.69) is 0 Å². The van der Waals surface area contributed by atoms with Crippen LogP contribution in [0.3, 0.4) is 0 Å². The van der Waals surface area contributed by atoms with Crippen LogP contribution in [0.4, 0.5) is 0 Å². The normalized spacial score (nSPS) is 12.7. The predicted molar refractivity (Wildman–Crippen MR) is 70.4 cm³/mol. The highest BCUT2D eigenvalue weighted by Gasteiger charge is 2.36. The highest BCUT2D eigenvalue weighted by molar-refractivity contribution is 5.96. The standard InChI is InChI=1S/C14H24O5/c1-8(2)18-13(16)12(10(5)7-11(6)15)14(17)19-9(3)4/h8-10,12H,7H2,1-6H3/t10-/m1/s1. The van der Waals surface area contributed by atoms with Gasteiger partial charge in [0, 0.05) is 6.42 Å². The van der Waals surface area contributed by atoms with E-state index in [0.29, 0.717) is 0 Å². The second kappa shape index (κ2) is 7.92. The lowest BCUT2D eigenvalue weighted by Gasteiger charge is -2.22. The molecule has 0 bridgehead atoms. The first-order valence-electron chi connectivity index (χ1n) is 6.55. The Hall–Kier alpha value is -1.39. The Morgan fingerprint density at radius 1 is 0.842 bits per heavy atom. The summed E-state index contributed by atoms with van der Waals surface area (Å²) < 4.78 is 10.1. The average molecular weight is 272 g/mol. The molecule has 0 aliphatic heterocycles. The summed E-state index contributed by atoms with van der Waals surface area (Å²) in [5.74, 6) is -2.82. The maximum absolute atomic E-state index is 12.0. The third-order valence-electron chi connectivity index (χ3n) is 2.39. The third kappa shape index (κ3) is 6.94. The van der Waals surface area contributed by atoms with Crippen LogP contribution >= 0.6 is 0 Å². The Morgan fingerprint density at radius 2 is 1.21 bits per heavy atom. The quantitative estimate of drug-likeness (QED) is 0.524. The predicted octanol–water partition coefficient (Wildman–Crippen LogP) is 2.12. The minimum atomic E-state index is -1.05. The van der Waals surface area contributed by atoms with Crippen molar-refractivity contribution in [2.24, 2.45) is 11.8 Å². The summed E-state index contributed by atoms with van der Waals surface area (Å²) >= 11 is 0. The van der Waals surface area contributed by atoms with Crippen LogP contribution in [0.25, 0.3) is 0 Å². The molecule has 0 heterocycles. The molecule has 0 N–H and O–H groups in total. The largest absolute Gasteiger partial charge is 0.462 e. The van der Waals surface area contributed by atoms with E-state index in [4.69, 9.17) is 9.47 Å². The molecule has 0 rings (SSSR count). The van der Waals surface area contributed by atoms with Gasteiger partial charge in [-0.05, 0) is 40.5 Å². The molecule has 0 aromatic heterocycles. The van der Waals surface area contributed by atoms with Crippen LogP contribution in [0, 0.1) is 11.8 Å². The topological polar surface area (TPSA) is 69.7 Å². The summed E-state index contributed by atoms with van der Waals surface area (Å²) in [5, 5.41) is 0. The van der Waals surface area contributed by atoms with Crippen molar-refractivity contribution in [1.29, 1.82) is 0 Å². The average Bonchev–Trinajstić information content (AvgIpc) is 2.12. The first kappa shape index (κ1) is 17.6. The van der Waals surface area contributed by atoms with Gasteiger partial charge in [0.25, 0.3) is 0 Å². The molecule has 0 saturated heterocycles. The molecule has 5 heteroatoms. The van der Waals surface area contributed by atoms with Gasteiger partial charge in [-0.25, -0.2) is 0 Å². The monoisotopic (exact) mass is 272 g/mol. The van der Waals surface area contributed by atoms with Crippen molar-refractivity contribution >= 4 is 17.7 Å². The van der Waals surface area contributed by atoms with Gasteiger partial charge in [-0.1, -0.05) is 6.92 Å². The molecule has 0 fully saturated rings. The van der Waals surface area contributed by atoms with E-state index in [-0.39, 0.29) is 24.4 Å². The number of ketones is 1. The number of esters is 2. The molecule has 0 aliphatic carbocycles. The van der Waals surface area contributed by atoms with Crippen molar-refractivity contribution in [1.82, 2.24) is 0 Å². The summed E-state index contributed by atoms with van der Waals surface area (Å²) in [5.41, 5.74) is 0. The van der Waals surface area contributed by atoms with Gasteiger partial charge in [-0.15, -0.1) is 0 Å². The van der Waals surface area contributed by atoms with Gasteiger partial charge < -0.3 is 14.3 Å². The molecule has 19 heavy (non-hydrogen) atoms.